The molecule has 100 valence electrons. The molecule has 0 aromatic heterocycles. The van der Waals surface area contributed by atoms with Gasteiger partial charge in [-0.3, -0.25) is 0 Å². The van der Waals surface area contributed by atoms with E-state index in [-0.39, 0.29) is 10.6 Å². The molecule has 1 saturated carbocycles. The first kappa shape index (κ1) is 13.3. The average Bonchev–Trinajstić information content (AvgIpc) is 2.67. The Morgan fingerprint density at radius 1 is 1.33 bits per heavy atom. The maximum atomic E-state index is 13.1. The second-order valence-electron chi connectivity index (χ2n) is 5.06. The Balaban J connectivity index is 2.33. The molecule has 18 heavy (non-hydrogen) atoms. The highest BCUT2D eigenvalue weighted by Gasteiger charge is 2.34. The lowest BCUT2D eigenvalue weighted by molar-refractivity contribution is 0.427. The van der Waals surface area contributed by atoms with E-state index in [1.807, 2.05) is 6.92 Å². The molecule has 0 atom stereocenters. The molecule has 0 amide bonds. The van der Waals surface area contributed by atoms with Crippen molar-refractivity contribution in [2.24, 2.45) is 0 Å². The Hall–Kier alpha value is -1.14. The lowest BCUT2D eigenvalue weighted by Gasteiger charge is -2.25. The molecule has 0 unspecified atom stereocenters. The van der Waals surface area contributed by atoms with Crippen LogP contribution in [0.2, 0.25) is 0 Å². The third-order valence-corrected chi connectivity index (χ3v) is 5.05. The van der Waals surface area contributed by atoms with Gasteiger partial charge in [0.15, 0.2) is 0 Å². The Kier molecular flexibility index (Phi) is 3.33. The van der Waals surface area contributed by atoms with Gasteiger partial charge in [-0.2, -0.15) is 0 Å². The van der Waals surface area contributed by atoms with Gasteiger partial charge in [-0.15, -0.1) is 0 Å². The number of halogens is 1. The minimum absolute atomic E-state index is 0.0606. The molecule has 6 heteroatoms. The van der Waals surface area contributed by atoms with Crippen molar-refractivity contribution in [3.05, 3.63) is 24.0 Å². The maximum Gasteiger partial charge on any atom is 0.243 e. The Morgan fingerprint density at radius 3 is 2.56 bits per heavy atom. The van der Waals surface area contributed by atoms with E-state index >= 15 is 0 Å². The average molecular weight is 272 g/mol. The summed E-state index contributed by atoms with van der Waals surface area (Å²) in [5, 5.41) is 0. The molecule has 1 aliphatic rings. The van der Waals surface area contributed by atoms with Crippen molar-refractivity contribution in [3.63, 3.8) is 0 Å². The van der Waals surface area contributed by atoms with Crippen LogP contribution < -0.4 is 10.5 Å². The summed E-state index contributed by atoms with van der Waals surface area (Å²) in [7, 11) is -3.77. The van der Waals surface area contributed by atoms with Crippen molar-refractivity contribution in [3.8, 4) is 0 Å². The van der Waals surface area contributed by atoms with Crippen molar-refractivity contribution in [1.29, 1.82) is 0 Å². The van der Waals surface area contributed by atoms with Gasteiger partial charge in [0, 0.05) is 5.54 Å². The van der Waals surface area contributed by atoms with Crippen LogP contribution in [-0.4, -0.2) is 14.0 Å². The molecule has 0 heterocycles. The van der Waals surface area contributed by atoms with Gasteiger partial charge in [-0.25, -0.2) is 17.5 Å². The van der Waals surface area contributed by atoms with E-state index in [0.717, 1.165) is 37.8 Å². The summed E-state index contributed by atoms with van der Waals surface area (Å²) in [6.07, 6.45) is 3.58. The number of hydrogen-bond donors (Lipinski definition) is 2. The molecule has 1 fully saturated rings. The zero-order valence-electron chi connectivity index (χ0n) is 10.2. The number of anilines is 1. The van der Waals surface area contributed by atoms with Crippen LogP contribution in [0.15, 0.2) is 23.1 Å². The van der Waals surface area contributed by atoms with Gasteiger partial charge in [0.2, 0.25) is 10.0 Å². The van der Waals surface area contributed by atoms with Gasteiger partial charge in [0.25, 0.3) is 0 Å². The summed E-state index contributed by atoms with van der Waals surface area (Å²) in [6.45, 7) is 1.87. The van der Waals surface area contributed by atoms with Crippen molar-refractivity contribution in [2.75, 3.05) is 5.73 Å². The molecule has 0 bridgehead atoms. The summed E-state index contributed by atoms with van der Waals surface area (Å²) in [4.78, 5) is -0.185. The molecular weight excluding hydrogens is 255 g/mol. The summed E-state index contributed by atoms with van der Waals surface area (Å²) < 4.78 is 40.2. The highest BCUT2D eigenvalue weighted by Crippen LogP contribution is 2.31. The first-order valence-electron chi connectivity index (χ1n) is 5.91. The van der Waals surface area contributed by atoms with E-state index < -0.39 is 21.4 Å². The molecule has 4 nitrogen and oxygen atoms in total. The van der Waals surface area contributed by atoms with Crippen molar-refractivity contribution in [2.45, 2.75) is 43.0 Å². The topological polar surface area (TPSA) is 72.2 Å². The highest BCUT2D eigenvalue weighted by molar-refractivity contribution is 7.89. The van der Waals surface area contributed by atoms with Crippen molar-refractivity contribution >= 4 is 15.7 Å². The van der Waals surface area contributed by atoms with Crippen LogP contribution in [0.25, 0.3) is 0 Å². The minimum atomic E-state index is -3.77. The van der Waals surface area contributed by atoms with Crippen molar-refractivity contribution < 1.29 is 12.8 Å². The Labute approximate surface area is 106 Å². The van der Waals surface area contributed by atoms with Crippen LogP contribution in [0, 0.1) is 5.82 Å². The predicted octanol–water partition coefficient (Wildman–Crippen LogP) is 2.02. The van der Waals surface area contributed by atoms with E-state index in [9.17, 15) is 12.8 Å². The smallest absolute Gasteiger partial charge is 0.243 e. The molecular formula is C12H17FN2O2S. The van der Waals surface area contributed by atoms with Gasteiger partial charge in [0.05, 0.1) is 5.69 Å². The number of nitrogens with one attached hydrogen (secondary N) is 1. The summed E-state index contributed by atoms with van der Waals surface area (Å²) in [5.74, 6) is -0.610. The van der Waals surface area contributed by atoms with E-state index in [1.54, 1.807) is 0 Å². The molecule has 1 aliphatic carbocycles. The summed E-state index contributed by atoms with van der Waals surface area (Å²) in [5.41, 5.74) is 5.22. The largest absolute Gasteiger partial charge is 0.398 e. The zero-order valence-corrected chi connectivity index (χ0v) is 11.1. The molecule has 1 aromatic carbocycles. The third kappa shape index (κ3) is 2.64. The Bertz CT molecular complexity index is 551. The monoisotopic (exact) mass is 272 g/mol. The molecule has 0 radical (unpaired) electrons. The van der Waals surface area contributed by atoms with E-state index in [1.165, 1.54) is 6.07 Å². The SMILES string of the molecule is CC1(NS(=O)(=O)c2cc(F)ccc2N)CCCC1. The summed E-state index contributed by atoms with van der Waals surface area (Å²) in [6, 6.07) is 3.36. The first-order valence-corrected chi connectivity index (χ1v) is 7.40. The fraction of sp³-hybridized carbons (Fsp3) is 0.500. The number of rotatable bonds is 3. The van der Waals surface area contributed by atoms with Gasteiger partial charge in [-0.05, 0) is 38.0 Å². The quantitative estimate of drug-likeness (QED) is 0.827. The fourth-order valence-corrected chi connectivity index (χ4v) is 3.99. The highest BCUT2D eigenvalue weighted by atomic mass is 32.2. The Morgan fingerprint density at radius 2 is 1.94 bits per heavy atom. The van der Waals surface area contributed by atoms with E-state index in [2.05, 4.69) is 4.72 Å². The molecule has 0 saturated heterocycles. The number of nitrogens with two attached hydrogens (primary N) is 1. The normalized spacial score (nSPS) is 19.0. The molecule has 1 aromatic rings. The van der Waals surface area contributed by atoms with E-state index in [0.29, 0.717) is 0 Å². The number of nitrogen functional groups attached to an aromatic ring is 1. The molecule has 0 spiro atoms. The second kappa shape index (κ2) is 4.51. The van der Waals surface area contributed by atoms with Gasteiger partial charge < -0.3 is 5.73 Å². The van der Waals surface area contributed by atoms with Crippen LogP contribution in [0.3, 0.4) is 0 Å². The van der Waals surface area contributed by atoms with Crippen LogP contribution in [0.1, 0.15) is 32.6 Å². The minimum Gasteiger partial charge on any atom is -0.398 e. The van der Waals surface area contributed by atoms with Crippen LogP contribution in [0.5, 0.6) is 0 Å². The van der Waals surface area contributed by atoms with Crippen molar-refractivity contribution in [1.82, 2.24) is 4.72 Å². The van der Waals surface area contributed by atoms with Crippen LogP contribution in [-0.2, 0) is 10.0 Å². The van der Waals surface area contributed by atoms with Gasteiger partial charge in [-0.1, -0.05) is 12.8 Å². The number of benzene rings is 1. The fourth-order valence-electron chi connectivity index (χ4n) is 2.38. The lowest BCUT2D eigenvalue weighted by atomic mass is 10.0. The van der Waals surface area contributed by atoms with Gasteiger partial charge in [0.1, 0.15) is 10.7 Å². The zero-order chi connectivity index (χ0) is 13.4. The predicted molar refractivity (Wildman–Crippen MR) is 68.0 cm³/mol. The first-order chi connectivity index (χ1) is 8.32. The number of sulfonamides is 1. The second-order valence-corrected chi connectivity index (χ2v) is 6.71. The maximum absolute atomic E-state index is 13.1. The van der Waals surface area contributed by atoms with Gasteiger partial charge >= 0.3 is 0 Å². The van der Waals surface area contributed by atoms with E-state index in [4.69, 9.17) is 5.73 Å². The van der Waals surface area contributed by atoms with Crippen LogP contribution in [0.4, 0.5) is 10.1 Å². The molecule has 2 rings (SSSR count). The lowest BCUT2D eigenvalue weighted by Crippen LogP contribution is -2.43. The standard InChI is InChI=1S/C12H17FN2O2S/c1-12(6-2-3-7-12)15-18(16,17)11-8-9(13)4-5-10(11)14/h4-5,8,15H,2-3,6-7,14H2,1H3. The van der Waals surface area contributed by atoms with Crippen LogP contribution >= 0.6 is 0 Å². The molecule has 3 N–H and O–H groups in total. The third-order valence-electron chi connectivity index (χ3n) is 3.35. The summed E-state index contributed by atoms with van der Waals surface area (Å²) >= 11 is 0. The molecule has 0 aliphatic heterocycles. The number of hydrogen-bond acceptors (Lipinski definition) is 3.